The molecule has 0 atom stereocenters. The number of nitrogens with zero attached hydrogens (tertiary/aromatic N) is 5. The Bertz CT molecular complexity index is 1240. The maximum Gasteiger partial charge on any atom is 0.141 e. The van der Waals surface area contributed by atoms with Crippen LogP contribution in [-0.2, 0) is 6.42 Å². The van der Waals surface area contributed by atoms with E-state index in [0.717, 1.165) is 84.0 Å². The van der Waals surface area contributed by atoms with Crippen LogP contribution < -0.4 is 16.0 Å². The molecule has 3 N–H and O–H groups in total. The molecule has 1 saturated heterocycles. The van der Waals surface area contributed by atoms with Crippen LogP contribution in [0.15, 0.2) is 30.5 Å². The first kappa shape index (κ1) is 30.0. The number of benzene rings is 1. The fourth-order valence-corrected chi connectivity index (χ4v) is 4.70. The second kappa shape index (κ2) is 15.1. The number of nitriles is 1. The Kier molecular flexibility index (Phi) is 12.3. The molecular formula is C29H40ClN7. The lowest BCUT2D eigenvalue weighted by Gasteiger charge is -2.29. The predicted octanol–water partition coefficient (Wildman–Crippen LogP) is 6.33. The Morgan fingerprint density at radius 2 is 1.89 bits per heavy atom. The van der Waals surface area contributed by atoms with E-state index < -0.39 is 0 Å². The summed E-state index contributed by atoms with van der Waals surface area (Å²) in [4.78, 5) is 16.6. The van der Waals surface area contributed by atoms with Gasteiger partial charge in [-0.25, -0.2) is 9.97 Å². The van der Waals surface area contributed by atoms with Crippen LogP contribution in [0, 0.1) is 18.3 Å². The lowest BCUT2D eigenvalue weighted by atomic mass is 9.92. The summed E-state index contributed by atoms with van der Waals surface area (Å²) in [6.45, 7) is 15.3. The van der Waals surface area contributed by atoms with Crippen LogP contribution in [0.1, 0.15) is 70.1 Å². The van der Waals surface area contributed by atoms with Crippen LogP contribution in [-0.4, -0.2) is 41.1 Å². The van der Waals surface area contributed by atoms with Crippen molar-refractivity contribution in [3.05, 3.63) is 58.1 Å². The maximum absolute atomic E-state index is 7.32. The van der Waals surface area contributed by atoms with E-state index >= 15 is 0 Å². The van der Waals surface area contributed by atoms with Crippen LogP contribution in [0.2, 0.25) is 5.02 Å². The summed E-state index contributed by atoms with van der Waals surface area (Å²) in [5.41, 5.74) is 12.0. The van der Waals surface area contributed by atoms with Crippen molar-refractivity contribution in [1.82, 2.24) is 20.3 Å². The van der Waals surface area contributed by atoms with Crippen molar-refractivity contribution in [3.63, 3.8) is 0 Å². The quantitative estimate of drug-likeness (QED) is 0.390. The van der Waals surface area contributed by atoms with Gasteiger partial charge in [0, 0.05) is 55.5 Å². The largest absolute Gasteiger partial charge is 0.395 e. The smallest absolute Gasteiger partial charge is 0.141 e. The number of aromatic nitrogens is 3. The van der Waals surface area contributed by atoms with Crippen LogP contribution in [0.5, 0.6) is 0 Å². The Morgan fingerprint density at radius 1 is 1.22 bits per heavy atom. The molecule has 3 heterocycles. The minimum absolute atomic E-state index is 0.575. The first-order chi connectivity index (χ1) is 18.0. The van der Waals surface area contributed by atoms with Crippen LogP contribution >= 0.6 is 11.6 Å². The van der Waals surface area contributed by atoms with Gasteiger partial charge in [0.25, 0.3) is 0 Å². The highest BCUT2D eigenvalue weighted by atomic mass is 35.5. The van der Waals surface area contributed by atoms with E-state index in [-0.39, 0.29) is 0 Å². The molecule has 37 heavy (non-hydrogen) atoms. The van der Waals surface area contributed by atoms with Crippen molar-refractivity contribution in [1.29, 1.82) is 5.26 Å². The predicted molar refractivity (Wildman–Crippen MR) is 157 cm³/mol. The molecule has 3 aromatic rings. The average Bonchev–Trinajstić information content (AvgIpc) is 2.91. The van der Waals surface area contributed by atoms with Gasteiger partial charge in [0.05, 0.1) is 22.8 Å². The molecule has 1 aliphatic rings. The number of hydrogen-bond donors (Lipinski definition) is 2. The number of anilines is 2. The summed E-state index contributed by atoms with van der Waals surface area (Å²) in [6.07, 6.45) is 6.86. The molecule has 0 unspecified atom stereocenters. The third-order valence-corrected chi connectivity index (χ3v) is 6.15. The van der Waals surface area contributed by atoms with Crippen molar-refractivity contribution < 1.29 is 0 Å². The van der Waals surface area contributed by atoms with Crippen LogP contribution in [0.3, 0.4) is 0 Å². The third kappa shape index (κ3) is 7.18. The highest BCUT2D eigenvalue weighted by Gasteiger charge is 2.22. The van der Waals surface area contributed by atoms with Gasteiger partial charge in [-0.05, 0) is 31.4 Å². The highest BCUT2D eigenvalue weighted by molar-refractivity contribution is 6.32. The summed E-state index contributed by atoms with van der Waals surface area (Å²) in [7, 11) is 0. The molecule has 1 aliphatic heterocycles. The molecule has 7 nitrogen and oxygen atoms in total. The molecule has 1 aromatic carbocycles. The standard InChI is InChI=1S/C25H31ClN6.C2H3N.C2H6/c1-4-7-17-9-6-10-20(26)21(17)18(8-5-2)23-22(27)24-19(15-29-23)25(31-16(3)30-24)32-13-11-28-12-14-32;1-2-3;1-2/h6,8-10,15,28H,4-5,7,11-14,27H2,1-3H3;1H3;1-2H3/b18-8+;;. The van der Waals surface area contributed by atoms with E-state index in [1.165, 1.54) is 12.5 Å². The lowest BCUT2D eigenvalue weighted by Crippen LogP contribution is -2.44. The summed E-state index contributed by atoms with van der Waals surface area (Å²) in [5.74, 6) is 1.62. The Balaban J connectivity index is 0.000000898. The number of halogens is 1. The Hall–Kier alpha value is -3.21. The second-order valence-electron chi connectivity index (χ2n) is 8.39. The number of nitrogens with two attached hydrogens (primary N) is 1. The van der Waals surface area contributed by atoms with Crippen molar-refractivity contribution in [2.45, 2.75) is 60.8 Å². The fourth-order valence-electron chi connectivity index (χ4n) is 4.40. The number of nitrogens with one attached hydrogen (secondary N) is 1. The lowest BCUT2D eigenvalue weighted by molar-refractivity contribution is 0.585. The molecule has 0 spiro atoms. The third-order valence-electron chi connectivity index (χ3n) is 5.84. The van der Waals surface area contributed by atoms with E-state index in [1.807, 2.05) is 39.1 Å². The van der Waals surface area contributed by atoms with Crippen molar-refractivity contribution in [3.8, 4) is 6.07 Å². The normalized spacial score (nSPS) is 13.2. The number of pyridine rings is 1. The van der Waals surface area contributed by atoms with E-state index in [0.29, 0.717) is 11.5 Å². The number of allylic oxidation sites excluding steroid dienone is 1. The number of fused-ring (bicyclic) bond motifs is 1. The highest BCUT2D eigenvalue weighted by Crippen LogP contribution is 2.38. The molecule has 0 amide bonds. The van der Waals surface area contributed by atoms with E-state index in [4.69, 9.17) is 37.5 Å². The van der Waals surface area contributed by atoms with Crippen molar-refractivity contribution in [2.24, 2.45) is 0 Å². The van der Waals surface area contributed by atoms with Gasteiger partial charge in [-0.3, -0.25) is 4.98 Å². The van der Waals surface area contributed by atoms with E-state index in [2.05, 4.69) is 36.2 Å². The summed E-state index contributed by atoms with van der Waals surface area (Å²) < 4.78 is 0. The van der Waals surface area contributed by atoms with Crippen molar-refractivity contribution >= 4 is 39.6 Å². The van der Waals surface area contributed by atoms with Gasteiger partial charge < -0.3 is 16.0 Å². The Labute approximate surface area is 226 Å². The number of nitrogen functional groups attached to an aromatic ring is 1. The minimum atomic E-state index is 0.575. The van der Waals surface area contributed by atoms with Gasteiger partial charge in [0.15, 0.2) is 0 Å². The number of piperazine rings is 1. The van der Waals surface area contributed by atoms with Gasteiger partial charge >= 0.3 is 0 Å². The zero-order valence-corrected chi connectivity index (χ0v) is 23.8. The zero-order valence-electron chi connectivity index (χ0n) is 23.0. The molecular weight excluding hydrogens is 482 g/mol. The monoisotopic (exact) mass is 521 g/mol. The number of aryl methyl sites for hydroxylation is 2. The van der Waals surface area contributed by atoms with Crippen molar-refractivity contribution in [2.75, 3.05) is 36.8 Å². The molecule has 4 rings (SSSR count). The number of hydrogen-bond acceptors (Lipinski definition) is 7. The van der Waals surface area contributed by atoms with Gasteiger partial charge in [-0.1, -0.05) is 63.9 Å². The molecule has 198 valence electrons. The van der Waals surface area contributed by atoms with Gasteiger partial charge in [-0.2, -0.15) is 5.26 Å². The second-order valence-corrected chi connectivity index (χ2v) is 8.80. The van der Waals surface area contributed by atoms with Crippen LogP contribution in [0.4, 0.5) is 11.5 Å². The molecule has 0 aliphatic carbocycles. The Morgan fingerprint density at radius 3 is 2.51 bits per heavy atom. The van der Waals surface area contributed by atoms with E-state index in [9.17, 15) is 0 Å². The number of rotatable bonds is 6. The molecule has 8 heteroatoms. The summed E-state index contributed by atoms with van der Waals surface area (Å²) in [5, 5.41) is 12.3. The molecule has 0 bridgehead atoms. The van der Waals surface area contributed by atoms with Gasteiger partial charge in [0.1, 0.15) is 17.2 Å². The van der Waals surface area contributed by atoms with Crippen LogP contribution in [0.25, 0.3) is 16.5 Å². The molecule has 1 fully saturated rings. The minimum Gasteiger partial charge on any atom is -0.395 e. The molecule has 2 aromatic heterocycles. The summed E-state index contributed by atoms with van der Waals surface area (Å²) in [6, 6.07) is 7.83. The summed E-state index contributed by atoms with van der Waals surface area (Å²) >= 11 is 6.72. The van der Waals surface area contributed by atoms with Gasteiger partial charge in [0.2, 0.25) is 0 Å². The molecule has 0 saturated carbocycles. The zero-order chi connectivity index (χ0) is 27.4. The SMILES string of the molecule is CC.CC#N.CC/C=C(/c1ncc2c(N3CCNCC3)nc(C)nc2c1N)c1c(Cl)cccc1CCC. The maximum atomic E-state index is 7.32. The van der Waals surface area contributed by atoms with Gasteiger partial charge in [-0.15, -0.1) is 0 Å². The first-order valence-corrected chi connectivity index (χ1v) is 13.5. The fraction of sp³-hybridized carbons (Fsp3) is 0.448. The average molecular weight is 522 g/mol. The van der Waals surface area contributed by atoms with E-state index in [1.54, 1.807) is 6.07 Å². The molecule has 0 radical (unpaired) electrons. The topological polar surface area (TPSA) is 104 Å². The first-order valence-electron chi connectivity index (χ1n) is 13.1.